The Morgan fingerprint density at radius 3 is 2.33 bits per heavy atom. The van der Waals surface area contributed by atoms with Crippen molar-refractivity contribution >= 4 is 11.6 Å². The molecule has 0 saturated heterocycles. The molecule has 0 spiro atoms. The van der Waals surface area contributed by atoms with Crippen LogP contribution in [0.5, 0.6) is 0 Å². The number of methoxy groups -OCH3 is 1. The molecule has 6 nitrogen and oxygen atoms in total. The third-order valence-corrected chi connectivity index (χ3v) is 3.03. The lowest BCUT2D eigenvalue weighted by Gasteiger charge is -2.14. The number of ether oxygens (including phenoxy) is 2. The second-order valence-electron chi connectivity index (χ2n) is 4.72. The molecular weight excluding hydrogens is 268 g/mol. The van der Waals surface area contributed by atoms with E-state index in [1.807, 2.05) is 0 Å². The summed E-state index contributed by atoms with van der Waals surface area (Å²) in [6.07, 6.45) is 4.53. The van der Waals surface area contributed by atoms with Gasteiger partial charge in [0.25, 0.3) is 0 Å². The molecule has 0 aliphatic heterocycles. The van der Waals surface area contributed by atoms with Crippen LogP contribution in [0.1, 0.15) is 32.3 Å². The Bertz CT molecular complexity index is 388. The fourth-order valence-corrected chi connectivity index (χ4v) is 1.92. The molecule has 0 aromatic carbocycles. The number of nitrogens with zero attached hydrogens (tertiary/aromatic N) is 2. The minimum absolute atomic E-state index is 0.645. The zero-order chi connectivity index (χ0) is 15.3. The number of hydrogen-bond acceptors (Lipinski definition) is 6. The summed E-state index contributed by atoms with van der Waals surface area (Å²) < 4.78 is 10.4. The summed E-state index contributed by atoms with van der Waals surface area (Å²) >= 11 is 0. The Labute approximate surface area is 127 Å². The van der Waals surface area contributed by atoms with Crippen molar-refractivity contribution in [1.29, 1.82) is 0 Å². The fourth-order valence-electron chi connectivity index (χ4n) is 1.92. The van der Waals surface area contributed by atoms with Crippen molar-refractivity contribution < 1.29 is 9.47 Å². The van der Waals surface area contributed by atoms with Crippen molar-refractivity contribution in [3.8, 4) is 0 Å². The van der Waals surface area contributed by atoms with Crippen molar-refractivity contribution in [2.24, 2.45) is 0 Å². The van der Waals surface area contributed by atoms with E-state index in [1.165, 1.54) is 0 Å². The van der Waals surface area contributed by atoms with E-state index in [-0.39, 0.29) is 0 Å². The van der Waals surface area contributed by atoms with E-state index in [0.717, 1.165) is 56.2 Å². The monoisotopic (exact) mass is 296 g/mol. The molecule has 1 aromatic heterocycles. The summed E-state index contributed by atoms with van der Waals surface area (Å²) in [4.78, 5) is 8.67. The van der Waals surface area contributed by atoms with Gasteiger partial charge >= 0.3 is 0 Å². The van der Waals surface area contributed by atoms with Crippen LogP contribution in [0.4, 0.5) is 11.6 Å². The van der Waals surface area contributed by atoms with Crippen LogP contribution in [0.3, 0.4) is 0 Å². The van der Waals surface area contributed by atoms with Crippen molar-refractivity contribution in [2.45, 2.75) is 33.1 Å². The Hall–Kier alpha value is -1.40. The standard InChI is InChI=1S/C15H28N4O2/c1-4-7-16-14-13(5-2)15(19-12-18-14)17-8-6-9-21-11-10-20-3/h12H,4-11H2,1-3H3,(H2,16,17,18,19). The van der Waals surface area contributed by atoms with Gasteiger partial charge in [-0.15, -0.1) is 0 Å². The second-order valence-corrected chi connectivity index (χ2v) is 4.72. The SMILES string of the molecule is CCCNc1ncnc(NCCCOCCOC)c1CC. The molecule has 0 bridgehead atoms. The maximum atomic E-state index is 5.44. The van der Waals surface area contributed by atoms with E-state index in [9.17, 15) is 0 Å². The quantitative estimate of drug-likeness (QED) is 0.577. The molecule has 1 heterocycles. The summed E-state index contributed by atoms with van der Waals surface area (Å²) in [6, 6.07) is 0. The maximum Gasteiger partial charge on any atom is 0.134 e. The highest BCUT2D eigenvalue weighted by Gasteiger charge is 2.08. The van der Waals surface area contributed by atoms with E-state index in [1.54, 1.807) is 13.4 Å². The molecule has 0 aliphatic rings. The number of nitrogens with one attached hydrogen (secondary N) is 2. The van der Waals surface area contributed by atoms with Crippen molar-refractivity contribution in [3.05, 3.63) is 11.9 Å². The van der Waals surface area contributed by atoms with Crippen LogP contribution in [0.2, 0.25) is 0 Å². The molecule has 0 aliphatic carbocycles. The highest BCUT2D eigenvalue weighted by Crippen LogP contribution is 2.20. The summed E-state index contributed by atoms with van der Waals surface area (Å²) in [6.45, 7) is 8.04. The lowest BCUT2D eigenvalue weighted by atomic mass is 10.2. The molecule has 0 atom stereocenters. The van der Waals surface area contributed by atoms with E-state index >= 15 is 0 Å². The molecule has 0 saturated carbocycles. The summed E-state index contributed by atoms with van der Waals surface area (Å²) in [7, 11) is 1.68. The summed E-state index contributed by atoms with van der Waals surface area (Å²) in [5.41, 5.74) is 1.14. The number of hydrogen-bond donors (Lipinski definition) is 2. The van der Waals surface area contributed by atoms with Gasteiger partial charge in [0.15, 0.2) is 0 Å². The van der Waals surface area contributed by atoms with Gasteiger partial charge in [0.1, 0.15) is 18.0 Å². The molecule has 6 heteroatoms. The first-order valence-electron chi connectivity index (χ1n) is 7.71. The lowest BCUT2D eigenvalue weighted by molar-refractivity contribution is 0.0705. The zero-order valence-electron chi connectivity index (χ0n) is 13.4. The number of aromatic nitrogens is 2. The summed E-state index contributed by atoms with van der Waals surface area (Å²) in [5.74, 6) is 1.86. The molecule has 120 valence electrons. The van der Waals surface area contributed by atoms with E-state index in [2.05, 4.69) is 34.4 Å². The molecular formula is C15H28N4O2. The maximum absolute atomic E-state index is 5.44. The van der Waals surface area contributed by atoms with E-state index in [4.69, 9.17) is 9.47 Å². The minimum atomic E-state index is 0.645. The van der Waals surface area contributed by atoms with E-state index < -0.39 is 0 Å². The third-order valence-electron chi connectivity index (χ3n) is 3.03. The number of anilines is 2. The van der Waals surface area contributed by atoms with Gasteiger partial charge in [-0.1, -0.05) is 13.8 Å². The van der Waals surface area contributed by atoms with Gasteiger partial charge in [-0.3, -0.25) is 0 Å². The van der Waals surface area contributed by atoms with Crippen LogP contribution in [0, 0.1) is 0 Å². The molecule has 21 heavy (non-hydrogen) atoms. The average molecular weight is 296 g/mol. The van der Waals surface area contributed by atoms with Gasteiger partial charge in [0.2, 0.25) is 0 Å². The molecule has 0 unspecified atom stereocenters. The first kappa shape index (κ1) is 17.7. The zero-order valence-corrected chi connectivity index (χ0v) is 13.4. The van der Waals surface area contributed by atoms with E-state index in [0.29, 0.717) is 13.2 Å². The molecule has 1 rings (SSSR count). The fraction of sp³-hybridized carbons (Fsp3) is 0.733. The molecule has 0 radical (unpaired) electrons. The third kappa shape index (κ3) is 6.73. The molecule has 1 aromatic rings. The van der Waals surface area contributed by atoms with Gasteiger partial charge in [0.05, 0.1) is 13.2 Å². The van der Waals surface area contributed by atoms with Crippen LogP contribution in [0.25, 0.3) is 0 Å². The molecule has 2 N–H and O–H groups in total. The largest absolute Gasteiger partial charge is 0.382 e. The van der Waals surface area contributed by atoms with Gasteiger partial charge < -0.3 is 20.1 Å². The Morgan fingerprint density at radius 1 is 1.00 bits per heavy atom. The van der Waals surface area contributed by atoms with Crippen LogP contribution in [0.15, 0.2) is 6.33 Å². The van der Waals surface area contributed by atoms with Crippen LogP contribution in [-0.2, 0) is 15.9 Å². The Kier molecular flexibility index (Phi) is 9.48. The number of rotatable bonds is 12. The smallest absolute Gasteiger partial charge is 0.134 e. The molecule has 0 amide bonds. The normalized spacial score (nSPS) is 10.6. The summed E-state index contributed by atoms with van der Waals surface area (Å²) in [5, 5.41) is 6.72. The van der Waals surface area contributed by atoms with Crippen LogP contribution >= 0.6 is 0 Å². The first-order valence-corrected chi connectivity index (χ1v) is 7.71. The van der Waals surface area contributed by atoms with Gasteiger partial charge in [-0.2, -0.15) is 0 Å². The minimum Gasteiger partial charge on any atom is -0.382 e. The highest BCUT2D eigenvalue weighted by atomic mass is 16.5. The molecule has 0 fully saturated rings. The lowest BCUT2D eigenvalue weighted by Crippen LogP contribution is -2.13. The van der Waals surface area contributed by atoms with Crippen LogP contribution in [-0.4, -0.2) is 50.0 Å². The van der Waals surface area contributed by atoms with Crippen molar-refractivity contribution in [3.63, 3.8) is 0 Å². The second kappa shape index (κ2) is 11.3. The topological polar surface area (TPSA) is 68.3 Å². The van der Waals surface area contributed by atoms with Gasteiger partial charge in [-0.05, 0) is 19.3 Å². The van der Waals surface area contributed by atoms with Crippen molar-refractivity contribution in [1.82, 2.24) is 9.97 Å². The van der Waals surface area contributed by atoms with Gasteiger partial charge in [-0.25, -0.2) is 9.97 Å². The van der Waals surface area contributed by atoms with Crippen molar-refractivity contribution in [2.75, 3.05) is 50.7 Å². The first-order chi connectivity index (χ1) is 10.3. The van der Waals surface area contributed by atoms with Gasteiger partial charge in [0, 0.05) is 32.4 Å². The van der Waals surface area contributed by atoms with Crippen LogP contribution < -0.4 is 10.6 Å². The predicted molar refractivity (Wildman–Crippen MR) is 86.0 cm³/mol. The average Bonchev–Trinajstić information content (AvgIpc) is 2.52. The Balaban J connectivity index is 2.39. The Morgan fingerprint density at radius 2 is 1.71 bits per heavy atom. The highest BCUT2D eigenvalue weighted by molar-refractivity contribution is 5.57. The predicted octanol–water partition coefficient (Wildman–Crippen LogP) is 2.33.